The third kappa shape index (κ3) is 4.13. The molecule has 0 atom stereocenters. The van der Waals surface area contributed by atoms with Gasteiger partial charge in [0.15, 0.2) is 0 Å². The largest absolute Gasteiger partial charge is 0.339 e. The molecule has 0 saturated carbocycles. The van der Waals surface area contributed by atoms with Gasteiger partial charge in [0.1, 0.15) is 0 Å². The molecule has 6 heteroatoms. The van der Waals surface area contributed by atoms with Crippen molar-refractivity contribution in [1.82, 2.24) is 15.0 Å². The van der Waals surface area contributed by atoms with Crippen molar-refractivity contribution in [2.24, 2.45) is 0 Å². The van der Waals surface area contributed by atoms with Crippen LogP contribution >= 0.6 is 11.3 Å². The molecule has 2 aromatic rings. The molecule has 2 rings (SSSR count). The van der Waals surface area contributed by atoms with Crippen molar-refractivity contribution in [3.8, 4) is 11.4 Å². The van der Waals surface area contributed by atoms with Crippen molar-refractivity contribution < 1.29 is 9.32 Å². The van der Waals surface area contributed by atoms with E-state index in [9.17, 15) is 4.79 Å². The lowest BCUT2D eigenvalue weighted by atomic mass is 10.2. The minimum atomic E-state index is 0.0186. The second-order valence-corrected chi connectivity index (χ2v) is 5.18. The summed E-state index contributed by atoms with van der Waals surface area (Å²) in [6.45, 7) is 8.31. The summed E-state index contributed by atoms with van der Waals surface area (Å²) in [5, 5.41) is 7.83. The molecule has 5 nitrogen and oxygen atoms in total. The summed E-state index contributed by atoms with van der Waals surface area (Å²) in [5.41, 5.74) is 0.932. The average Bonchev–Trinajstić information content (AvgIpc) is 3.15. The zero-order valence-corrected chi connectivity index (χ0v) is 12.5. The fourth-order valence-electron chi connectivity index (χ4n) is 1.83. The van der Waals surface area contributed by atoms with Crippen LogP contribution in [0.4, 0.5) is 0 Å². The Morgan fingerprint density at radius 3 is 2.76 bits per heavy atom. The van der Waals surface area contributed by atoms with Gasteiger partial charge in [0.2, 0.25) is 17.6 Å². The van der Waals surface area contributed by atoms with Crippen LogP contribution in [0, 0.1) is 0 Å². The third-order valence-electron chi connectivity index (χ3n) is 2.85. The molecular weight excluding hydrogens is 286 g/mol. The minimum absolute atomic E-state index is 0.0186. The van der Waals surface area contributed by atoms with Crippen LogP contribution < -0.4 is 0 Å². The van der Waals surface area contributed by atoms with Crippen LogP contribution in [0.2, 0.25) is 0 Å². The smallest absolute Gasteiger partial charge is 0.227 e. The molecule has 0 radical (unpaired) electrons. The van der Waals surface area contributed by atoms with E-state index in [0.717, 1.165) is 5.56 Å². The Morgan fingerprint density at radius 1 is 1.38 bits per heavy atom. The summed E-state index contributed by atoms with van der Waals surface area (Å²) in [6.07, 6.45) is 4.15. The summed E-state index contributed by atoms with van der Waals surface area (Å²) >= 11 is 1.58. The van der Waals surface area contributed by atoms with E-state index >= 15 is 0 Å². The van der Waals surface area contributed by atoms with Gasteiger partial charge in [-0.05, 0) is 11.4 Å². The maximum Gasteiger partial charge on any atom is 0.227 e. The lowest BCUT2D eigenvalue weighted by Gasteiger charge is -2.18. The molecular formula is C15H17N3O2S. The molecule has 2 aromatic heterocycles. The molecule has 0 aliphatic carbocycles. The lowest BCUT2D eigenvalue weighted by Crippen LogP contribution is -2.31. The van der Waals surface area contributed by atoms with Gasteiger partial charge in [-0.3, -0.25) is 4.79 Å². The number of carbonyl (C=O) groups excluding carboxylic acids is 1. The molecule has 0 N–H and O–H groups in total. The first-order chi connectivity index (χ1) is 10.2. The monoisotopic (exact) mass is 303 g/mol. The molecule has 0 saturated heterocycles. The van der Waals surface area contributed by atoms with E-state index in [4.69, 9.17) is 4.52 Å². The highest BCUT2D eigenvalue weighted by atomic mass is 32.1. The topological polar surface area (TPSA) is 59.2 Å². The Kier molecular flexibility index (Phi) is 5.45. The lowest BCUT2D eigenvalue weighted by molar-refractivity contribution is -0.130. The molecule has 110 valence electrons. The van der Waals surface area contributed by atoms with Gasteiger partial charge in [0.05, 0.1) is 0 Å². The molecule has 2 heterocycles. The zero-order valence-electron chi connectivity index (χ0n) is 11.7. The Labute approximate surface area is 127 Å². The summed E-state index contributed by atoms with van der Waals surface area (Å²) in [4.78, 5) is 18.0. The Hall–Kier alpha value is -2.21. The summed E-state index contributed by atoms with van der Waals surface area (Å²) < 4.78 is 5.17. The number of hydrogen-bond donors (Lipinski definition) is 0. The van der Waals surface area contributed by atoms with Crippen LogP contribution in [0.15, 0.2) is 46.7 Å². The van der Waals surface area contributed by atoms with Crippen molar-refractivity contribution in [2.45, 2.75) is 12.8 Å². The van der Waals surface area contributed by atoms with Crippen molar-refractivity contribution >= 4 is 17.2 Å². The fourth-order valence-corrected chi connectivity index (χ4v) is 2.46. The maximum absolute atomic E-state index is 12.1. The maximum atomic E-state index is 12.1. The fraction of sp³-hybridized carbons (Fsp3) is 0.267. The van der Waals surface area contributed by atoms with Gasteiger partial charge in [-0.15, -0.1) is 13.2 Å². The van der Waals surface area contributed by atoms with Crippen molar-refractivity contribution in [3.05, 3.63) is 48.0 Å². The second-order valence-electron chi connectivity index (χ2n) is 4.40. The van der Waals surface area contributed by atoms with E-state index < -0.39 is 0 Å². The van der Waals surface area contributed by atoms with Gasteiger partial charge >= 0.3 is 0 Å². The number of carbonyl (C=O) groups is 1. The number of nitrogens with zero attached hydrogens (tertiary/aromatic N) is 3. The summed E-state index contributed by atoms with van der Waals surface area (Å²) in [6, 6.07) is 1.93. The van der Waals surface area contributed by atoms with Crippen LogP contribution in [-0.2, 0) is 11.2 Å². The van der Waals surface area contributed by atoms with E-state index in [-0.39, 0.29) is 5.91 Å². The van der Waals surface area contributed by atoms with Crippen LogP contribution in [0.25, 0.3) is 11.4 Å². The molecule has 0 unspecified atom stereocenters. The molecule has 0 aliphatic heterocycles. The molecule has 0 aromatic carbocycles. The molecule has 0 spiro atoms. The third-order valence-corrected chi connectivity index (χ3v) is 3.54. The Bertz CT molecular complexity index is 594. The van der Waals surface area contributed by atoms with Gasteiger partial charge < -0.3 is 9.42 Å². The SMILES string of the molecule is C=CCN(CC=C)C(=O)CCc1nc(-c2ccsc2)no1. The van der Waals surface area contributed by atoms with Crippen molar-refractivity contribution in [1.29, 1.82) is 0 Å². The molecule has 0 aliphatic rings. The van der Waals surface area contributed by atoms with Crippen LogP contribution in [0.1, 0.15) is 12.3 Å². The first kappa shape index (κ1) is 15.2. The van der Waals surface area contributed by atoms with Gasteiger partial charge in [-0.2, -0.15) is 16.3 Å². The van der Waals surface area contributed by atoms with Gasteiger partial charge in [0, 0.05) is 36.9 Å². The van der Waals surface area contributed by atoms with Crippen LogP contribution in [-0.4, -0.2) is 34.0 Å². The predicted octanol–water partition coefficient (Wildman–Crippen LogP) is 2.93. The predicted molar refractivity (Wildman–Crippen MR) is 82.9 cm³/mol. The number of amides is 1. The highest BCUT2D eigenvalue weighted by Crippen LogP contribution is 2.19. The second kappa shape index (κ2) is 7.54. The van der Waals surface area contributed by atoms with Crippen LogP contribution in [0.3, 0.4) is 0 Å². The Balaban J connectivity index is 1.91. The van der Waals surface area contributed by atoms with E-state index in [0.29, 0.717) is 37.6 Å². The van der Waals surface area contributed by atoms with Crippen molar-refractivity contribution in [3.63, 3.8) is 0 Å². The number of aromatic nitrogens is 2. The van der Waals surface area contributed by atoms with E-state index in [1.807, 2.05) is 16.8 Å². The molecule has 0 bridgehead atoms. The number of rotatable bonds is 8. The zero-order chi connectivity index (χ0) is 15.1. The summed E-state index contributed by atoms with van der Waals surface area (Å²) in [5.74, 6) is 1.06. The van der Waals surface area contributed by atoms with Crippen molar-refractivity contribution in [2.75, 3.05) is 13.1 Å². The van der Waals surface area contributed by atoms with Gasteiger partial charge in [0.25, 0.3) is 0 Å². The van der Waals surface area contributed by atoms with Gasteiger partial charge in [-0.25, -0.2) is 0 Å². The molecule has 0 fully saturated rings. The van der Waals surface area contributed by atoms with E-state index in [2.05, 4.69) is 23.3 Å². The molecule has 1 amide bonds. The van der Waals surface area contributed by atoms with Crippen LogP contribution in [0.5, 0.6) is 0 Å². The normalized spacial score (nSPS) is 10.3. The average molecular weight is 303 g/mol. The van der Waals surface area contributed by atoms with E-state index in [1.54, 1.807) is 28.4 Å². The Morgan fingerprint density at radius 2 is 2.14 bits per heavy atom. The number of thiophene rings is 1. The summed E-state index contributed by atoms with van der Waals surface area (Å²) in [7, 11) is 0. The highest BCUT2D eigenvalue weighted by Gasteiger charge is 2.14. The first-order valence-corrected chi connectivity index (χ1v) is 7.53. The minimum Gasteiger partial charge on any atom is -0.339 e. The highest BCUT2D eigenvalue weighted by molar-refractivity contribution is 7.08. The standard InChI is InChI=1S/C15H17N3O2S/c1-3-8-18(9-4-2)14(19)6-5-13-16-15(17-20-13)12-7-10-21-11-12/h3-4,7,10-11H,1-2,5-6,8-9H2. The number of aryl methyl sites for hydroxylation is 1. The van der Waals surface area contributed by atoms with Gasteiger partial charge in [-0.1, -0.05) is 17.3 Å². The first-order valence-electron chi connectivity index (χ1n) is 6.59. The number of hydrogen-bond acceptors (Lipinski definition) is 5. The quantitative estimate of drug-likeness (QED) is 0.704. The van der Waals surface area contributed by atoms with E-state index in [1.165, 1.54) is 0 Å². The molecule has 21 heavy (non-hydrogen) atoms.